The molecule has 0 saturated carbocycles. The highest BCUT2D eigenvalue weighted by molar-refractivity contribution is 6.08. The zero-order chi connectivity index (χ0) is 16.4. The number of carbonyl (C=O) groups excluding carboxylic acids is 1. The Balaban J connectivity index is 1.51. The summed E-state index contributed by atoms with van der Waals surface area (Å²) in [6, 6.07) is 23.7. The lowest BCUT2D eigenvalue weighted by Gasteiger charge is -2.08. The second-order valence-electron chi connectivity index (χ2n) is 5.72. The molecule has 4 aromatic rings. The third-order valence-corrected chi connectivity index (χ3v) is 4.06. The molecule has 3 aromatic carbocycles. The minimum absolute atomic E-state index is 0.210. The van der Waals surface area contributed by atoms with Gasteiger partial charge in [-0.1, -0.05) is 48.5 Å². The maximum Gasteiger partial charge on any atom is 0.319 e. The van der Waals surface area contributed by atoms with Gasteiger partial charge < -0.3 is 15.6 Å². The van der Waals surface area contributed by atoms with Crippen LogP contribution in [0.2, 0.25) is 0 Å². The van der Waals surface area contributed by atoms with Crippen molar-refractivity contribution in [3.05, 3.63) is 78.4 Å². The lowest BCUT2D eigenvalue weighted by molar-refractivity contribution is 0.251. The van der Waals surface area contributed by atoms with Crippen molar-refractivity contribution in [3.63, 3.8) is 0 Å². The summed E-state index contributed by atoms with van der Waals surface area (Å²) < 4.78 is 0. The summed E-state index contributed by atoms with van der Waals surface area (Å²) in [6.07, 6.45) is 0. The Morgan fingerprint density at radius 1 is 0.833 bits per heavy atom. The number of hydrogen-bond acceptors (Lipinski definition) is 1. The fraction of sp³-hybridized carbons (Fsp3) is 0.0500. The predicted molar refractivity (Wildman–Crippen MR) is 98.1 cm³/mol. The first-order valence-electron chi connectivity index (χ1n) is 7.89. The molecule has 1 aromatic heterocycles. The molecule has 0 unspecified atom stereocenters. The molecular formula is C20H17N3O. The number of amides is 2. The minimum atomic E-state index is -0.210. The van der Waals surface area contributed by atoms with Crippen molar-refractivity contribution in [2.45, 2.75) is 6.54 Å². The maximum atomic E-state index is 12.1. The molecule has 0 aliphatic carbocycles. The average Bonchev–Trinajstić information content (AvgIpc) is 2.99. The molecule has 0 spiro atoms. The van der Waals surface area contributed by atoms with Gasteiger partial charge in [-0.3, -0.25) is 0 Å². The van der Waals surface area contributed by atoms with Crippen molar-refractivity contribution in [1.29, 1.82) is 0 Å². The summed E-state index contributed by atoms with van der Waals surface area (Å²) in [5.41, 5.74) is 4.00. The Hall–Kier alpha value is -3.27. The van der Waals surface area contributed by atoms with Crippen molar-refractivity contribution < 1.29 is 4.79 Å². The Morgan fingerprint density at radius 3 is 2.46 bits per heavy atom. The number of benzene rings is 3. The lowest BCUT2D eigenvalue weighted by atomic mass is 10.1. The highest BCUT2D eigenvalue weighted by Gasteiger charge is 2.06. The molecule has 2 amide bonds. The van der Waals surface area contributed by atoms with Crippen LogP contribution < -0.4 is 10.6 Å². The van der Waals surface area contributed by atoms with E-state index in [-0.39, 0.29) is 6.03 Å². The first-order chi connectivity index (χ1) is 11.8. The van der Waals surface area contributed by atoms with Crippen molar-refractivity contribution in [2.24, 2.45) is 0 Å². The minimum Gasteiger partial charge on any atom is -0.355 e. The summed E-state index contributed by atoms with van der Waals surface area (Å²) in [5.74, 6) is 0. The van der Waals surface area contributed by atoms with Gasteiger partial charge in [0.1, 0.15) is 0 Å². The van der Waals surface area contributed by atoms with Crippen molar-refractivity contribution in [1.82, 2.24) is 10.3 Å². The summed E-state index contributed by atoms with van der Waals surface area (Å²) in [5, 5.41) is 8.02. The standard InChI is InChI=1S/C20H17N3O/c24-20(21-13-14-6-2-1-3-7-14)22-15-10-11-19-17(12-15)16-8-4-5-9-18(16)23-19/h1-12,23H,13H2,(H2,21,22,24). The van der Waals surface area contributed by atoms with Crippen LogP contribution in [0.3, 0.4) is 0 Å². The van der Waals surface area contributed by atoms with Gasteiger partial charge in [0.05, 0.1) is 0 Å². The van der Waals surface area contributed by atoms with Crippen LogP contribution in [0.4, 0.5) is 10.5 Å². The third-order valence-electron chi connectivity index (χ3n) is 4.06. The maximum absolute atomic E-state index is 12.1. The molecule has 4 rings (SSSR count). The van der Waals surface area contributed by atoms with Gasteiger partial charge in [0, 0.05) is 34.0 Å². The van der Waals surface area contributed by atoms with Crippen LogP contribution in [-0.2, 0) is 6.54 Å². The highest BCUT2D eigenvalue weighted by Crippen LogP contribution is 2.27. The molecule has 0 aliphatic heterocycles. The molecule has 3 N–H and O–H groups in total. The van der Waals surface area contributed by atoms with E-state index in [1.807, 2.05) is 60.7 Å². The van der Waals surface area contributed by atoms with E-state index in [0.717, 1.165) is 33.1 Å². The van der Waals surface area contributed by atoms with Crippen LogP contribution in [-0.4, -0.2) is 11.0 Å². The molecular weight excluding hydrogens is 298 g/mol. The highest BCUT2D eigenvalue weighted by atomic mass is 16.2. The second kappa shape index (κ2) is 6.08. The number of aromatic amines is 1. The van der Waals surface area contributed by atoms with Crippen LogP contribution in [0, 0.1) is 0 Å². The van der Waals surface area contributed by atoms with E-state index >= 15 is 0 Å². The van der Waals surface area contributed by atoms with Crippen molar-refractivity contribution >= 4 is 33.5 Å². The van der Waals surface area contributed by atoms with Crippen LogP contribution in [0.5, 0.6) is 0 Å². The number of urea groups is 1. The molecule has 4 heteroatoms. The number of para-hydroxylation sites is 1. The predicted octanol–water partition coefficient (Wildman–Crippen LogP) is 4.64. The number of anilines is 1. The van der Waals surface area contributed by atoms with Crippen LogP contribution in [0.25, 0.3) is 21.8 Å². The van der Waals surface area contributed by atoms with Gasteiger partial charge in [-0.25, -0.2) is 4.79 Å². The summed E-state index contributed by atoms with van der Waals surface area (Å²) in [6.45, 7) is 0.502. The number of fused-ring (bicyclic) bond motifs is 3. The average molecular weight is 315 g/mol. The molecule has 0 fully saturated rings. The first-order valence-corrected chi connectivity index (χ1v) is 7.89. The van der Waals surface area contributed by atoms with Crippen LogP contribution in [0.1, 0.15) is 5.56 Å². The van der Waals surface area contributed by atoms with Crippen LogP contribution in [0.15, 0.2) is 72.8 Å². The van der Waals surface area contributed by atoms with Gasteiger partial charge in [0.25, 0.3) is 0 Å². The quantitative estimate of drug-likeness (QED) is 0.507. The molecule has 0 radical (unpaired) electrons. The number of carbonyl (C=O) groups is 1. The monoisotopic (exact) mass is 315 g/mol. The van der Waals surface area contributed by atoms with Gasteiger partial charge >= 0.3 is 6.03 Å². The lowest BCUT2D eigenvalue weighted by Crippen LogP contribution is -2.28. The van der Waals surface area contributed by atoms with Crippen molar-refractivity contribution in [2.75, 3.05) is 5.32 Å². The fourth-order valence-corrected chi connectivity index (χ4v) is 2.88. The van der Waals surface area contributed by atoms with E-state index in [0.29, 0.717) is 6.54 Å². The third kappa shape index (κ3) is 2.82. The molecule has 24 heavy (non-hydrogen) atoms. The Labute approximate surface area is 139 Å². The smallest absolute Gasteiger partial charge is 0.319 e. The van der Waals surface area contributed by atoms with E-state index < -0.39 is 0 Å². The molecule has 0 saturated heterocycles. The summed E-state index contributed by atoms with van der Waals surface area (Å²) in [7, 11) is 0. The molecule has 118 valence electrons. The van der Waals surface area contributed by atoms with E-state index in [1.54, 1.807) is 0 Å². The Bertz CT molecular complexity index is 1010. The molecule has 1 heterocycles. The van der Waals surface area contributed by atoms with Gasteiger partial charge in [-0.05, 0) is 29.8 Å². The van der Waals surface area contributed by atoms with Crippen LogP contribution >= 0.6 is 0 Å². The fourth-order valence-electron chi connectivity index (χ4n) is 2.88. The van der Waals surface area contributed by atoms with E-state index in [9.17, 15) is 4.79 Å². The zero-order valence-corrected chi connectivity index (χ0v) is 13.0. The van der Waals surface area contributed by atoms with E-state index in [4.69, 9.17) is 0 Å². The van der Waals surface area contributed by atoms with E-state index in [2.05, 4.69) is 27.8 Å². The number of nitrogens with one attached hydrogen (secondary N) is 3. The summed E-state index contributed by atoms with van der Waals surface area (Å²) in [4.78, 5) is 15.5. The normalized spacial score (nSPS) is 10.8. The Kier molecular flexibility index (Phi) is 3.63. The van der Waals surface area contributed by atoms with Gasteiger partial charge in [-0.2, -0.15) is 0 Å². The molecule has 4 nitrogen and oxygen atoms in total. The van der Waals surface area contributed by atoms with Crippen molar-refractivity contribution in [3.8, 4) is 0 Å². The number of hydrogen-bond donors (Lipinski definition) is 3. The number of aromatic nitrogens is 1. The number of rotatable bonds is 3. The largest absolute Gasteiger partial charge is 0.355 e. The SMILES string of the molecule is O=C(NCc1ccccc1)Nc1ccc2[nH]c3ccccc3c2c1. The van der Waals surface area contributed by atoms with Gasteiger partial charge in [0.15, 0.2) is 0 Å². The molecule has 0 aliphatic rings. The van der Waals surface area contributed by atoms with Gasteiger partial charge in [-0.15, -0.1) is 0 Å². The second-order valence-corrected chi connectivity index (χ2v) is 5.72. The van der Waals surface area contributed by atoms with E-state index in [1.165, 1.54) is 0 Å². The first kappa shape index (κ1) is 14.3. The van der Waals surface area contributed by atoms with Gasteiger partial charge in [0.2, 0.25) is 0 Å². The summed E-state index contributed by atoms with van der Waals surface area (Å²) >= 11 is 0. The Morgan fingerprint density at radius 2 is 1.58 bits per heavy atom. The molecule has 0 atom stereocenters. The molecule has 0 bridgehead atoms. The zero-order valence-electron chi connectivity index (χ0n) is 13.0. The topological polar surface area (TPSA) is 56.9 Å². The number of H-pyrrole nitrogens is 1.